The zero-order valence-corrected chi connectivity index (χ0v) is 17.4. The average molecular weight is 353 g/mol. The third kappa shape index (κ3) is 4.66. The van der Waals surface area contributed by atoms with Gasteiger partial charge in [0, 0.05) is 31.6 Å². The van der Waals surface area contributed by atoms with Crippen molar-refractivity contribution in [2.45, 2.75) is 52.4 Å². The number of aromatic hydroxyl groups is 1. The molecule has 3 nitrogen and oxygen atoms in total. The molecule has 0 radical (unpaired) electrons. The highest BCUT2D eigenvalue weighted by Crippen LogP contribution is 2.41. The van der Waals surface area contributed by atoms with Gasteiger partial charge in [-0.1, -0.05) is 59.7 Å². The predicted molar refractivity (Wildman–Crippen MR) is 114 cm³/mol. The molecule has 140 valence electrons. The van der Waals surface area contributed by atoms with Crippen LogP contribution in [0.4, 0.5) is 11.4 Å². The molecular weight excluding hydrogens is 320 g/mol. The SMILES string of the molecule is CN(C)c1ccc(C=Nc2cc(C(C)(C)C)cc(C(C)(C)C)c2O)cc1. The standard InChI is InChI=1S/C23H32N2O/c1-22(2,3)17-13-19(23(4,5)6)21(26)20(14-17)24-15-16-9-11-18(12-10-16)25(7)8/h9-15,26H,1-8H3. The summed E-state index contributed by atoms with van der Waals surface area (Å²) in [5.74, 6) is 0.270. The van der Waals surface area contributed by atoms with E-state index in [1.807, 2.05) is 38.5 Å². The second-order valence-electron chi connectivity index (χ2n) is 9.14. The smallest absolute Gasteiger partial charge is 0.144 e. The van der Waals surface area contributed by atoms with Crippen molar-refractivity contribution in [2.75, 3.05) is 19.0 Å². The lowest BCUT2D eigenvalue weighted by Gasteiger charge is -2.26. The minimum Gasteiger partial charge on any atom is -0.505 e. The summed E-state index contributed by atoms with van der Waals surface area (Å²) in [6.07, 6.45) is 1.81. The maximum absolute atomic E-state index is 10.8. The molecule has 0 aliphatic rings. The third-order valence-corrected chi connectivity index (χ3v) is 4.53. The summed E-state index contributed by atoms with van der Waals surface area (Å²) in [6, 6.07) is 12.3. The van der Waals surface area contributed by atoms with Crippen LogP contribution in [0.2, 0.25) is 0 Å². The first-order chi connectivity index (χ1) is 11.9. The Hall–Kier alpha value is -2.29. The van der Waals surface area contributed by atoms with Gasteiger partial charge < -0.3 is 10.0 Å². The fourth-order valence-corrected chi connectivity index (χ4v) is 2.72. The number of hydrogen-bond donors (Lipinski definition) is 1. The van der Waals surface area contributed by atoms with Crippen molar-refractivity contribution in [3.05, 3.63) is 53.1 Å². The van der Waals surface area contributed by atoms with Crippen LogP contribution in [-0.2, 0) is 10.8 Å². The summed E-state index contributed by atoms with van der Waals surface area (Å²) in [4.78, 5) is 6.67. The Morgan fingerprint density at radius 2 is 1.46 bits per heavy atom. The van der Waals surface area contributed by atoms with Crippen LogP contribution in [-0.4, -0.2) is 25.4 Å². The van der Waals surface area contributed by atoms with Gasteiger partial charge in [0.25, 0.3) is 0 Å². The topological polar surface area (TPSA) is 35.8 Å². The van der Waals surface area contributed by atoms with Gasteiger partial charge >= 0.3 is 0 Å². The van der Waals surface area contributed by atoms with E-state index in [4.69, 9.17) is 0 Å². The second kappa shape index (κ2) is 7.14. The molecule has 0 aliphatic carbocycles. The minimum atomic E-state index is -0.150. The maximum Gasteiger partial charge on any atom is 0.144 e. The van der Waals surface area contributed by atoms with E-state index in [2.05, 4.69) is 69.6 Å². The Labute approximate surface area is 158 Å². The van der Waals surface area contributed by atoms with Gasteiger partial charge in [-0.25, -0.2) is 0 Å². The average Bonchev–Trinajstić information content (AvgIpc) is 2.52. The van der Waals surface area contributed by atoms with Gasteiger partial charge in [-0.3, -0.25) is 4.99 Å². The summed E-state index contributed by atoms with van der Waals surface area (Å²) in [7, 11) is 4.04. The fourth-order valence-electron chi connectivity index (χ4n) is 2.72. The quantitative estimate of drug-likeness (QED) is 0.708. The molecule has 0 aliphatic heterocycles. The first-order valence-corrected chi connectivity index (χ1v) is 9.09. The Morgan fingerprint density at radius 1 is 0.885 bits per heavy atom. The predicted octanol–water partition coefficient (Wildman–Crippen LogP) is 5.80. The summed E-state index contributed by atoms with van der Waals surface area (Å²) >= 11 is 0. The van der Waals surface area contributed by atoms with E-state index >= 15 is 0 Å². The van der Waals surface area contributed by atoms with Crippen molar-refractivity contribution in [1.29, 1.82) is 0 Å². The maximum atomic E-state index is 10.8. The molecule has 2 aromatic carbocycles. The molecule has 0 saturated heterocycles. The van der Waals surface area contributed by atoms with Crippen molar-refractivity contribution in [2.24, 2.45) is 4.99 Å². The highest BCUT2D eigenvalue weighted by atomic mass is 16.3. The number of rotatable bonds is 3. The number of hydrogen-bond acceptors (Lipinski definition) is 3. The molecule has 26 heavy (non-hydrogen) atoms. The first kappa shape index (κ1) is 20.0. The van der Waals surface area contributed by atoms with E-state index in [1.54, 1.807) is 0 Å². The van der Waals surface area contributed by atoms with E-state index in [1.165, 1.54) is 5.56 Å². The van der Waals surface area contributed by atoms with Crippen LogP contribution >= 0.6 is 0 Å². The summed E-state index contributed by atoms with van der Waals surface area (Å²) in [6.45, 7) is 12.9. The Bertz CT molecular complexity index is 789. The lowest BCUT2D eigenvalue weighted by atomic mass is 9.80. The van der Waals surface area contributed by atoms with Crippen LogP contribution in [0.5, 0.6) is 5.75 Å². The van der Waals surface area contributed by atoms with E-state index in [0.29, 0.717) is 5.69 Å². The molecule has 0 bridgehead atoms. The molecule has 0 amide bonds. The Balaban J connectivity index is 2.47. The van der Waals surface area contributed by atoms with Crippen LogP contribution in [0.25, 0.3) is 0 Å². The lowest BCUT2D eigenvalue weighted by molar-refractivity contribution is 0.446. The highest BCUT2D eigenvalue weighted by molar-refractivity contribution is 5.83. The molecule has 0 spiro atoms. The monoisotopic (exact) mass is 352 g/mol. The molecule has 0 aromatic heterocycles. The molecule has 2 rings (SSSR count). The van der Waals surface area contributed by atoms with Crippen LogP contribution < -0.4 is 4.90 Å². The van der Waals surface area contributed by atoms with Crippen LogP contribution in [0.1, 0.15) is 58.2 Å². The Morgan fingerprint density at radius 3 is 1.92 bits per heavy atom. The summed E-state index contributed by atoms with van der Waals surface area (Å²) in [5.41, 5.74) is 4.73. The first-order valence-electron chi connectivity index (χ1n) is 9.09. The normalized spacial score (nSPS) is 12.6. The molecule has 2 aromatic rings. The summed E-state index contributed by atoms with van der Waals surface area (Å²) in [5, 5.41) is 10.8. The zero-order chi connectivity index (χ0) is 19.7. The third-order valence-electron chi connectivity index (χ3n) is 4.53. The number of nitrogens with zero attached hydrogens (tertiary/aromatic N) is 2. The molecule has 0 saturated carbocycles. The van der Waals surface area contributed by atoms with Gasteiger partial charge in [-0.15, -0.1) is 0 Å². The number of phenolic OH excluding ortho intramolecular Hbond substituents is 1. The van der Waals surface area contributed by atoms with Gasteiger partial charge in [-0.05, 0) is 40.2 Å². The van der Waals surface area contributed by atoms with Crippen LogP contribution in [0, 0.1) is 0 Å². The molecule has 0 fully saturated rings. The lowest BCUT2D eigenvalue weighted by Crippen LogP contribution is -2.16. The van der Waals surface area contributed by atoms with E-state index in [9.17, 15) is 5.11 Å². The largest absolute Gasteiger partial charge is 0.505 e. The van der Waals surface area contributed by atoms with Gasteiger partial charge in [-0.2, -0.15) is 0 Å². The minimum absolute atomic E-state index is 0.00860. The van der Waals surface area contributed by atoms with E-state index in [0.717, 1.165) is 16.8 Å². The van der Waals surface area contributed by atoms with E-state index in [-0.39, 0.29) is 16.6 Å². The molecule has 3 heteroatoms. The van der Waals surface area contributed by atoms with Gasteiger partial charge in [0.15, 0.2) is 0 Å². The molecule has 0 unspecified atom stereocenters. The van der Waals surface area contributed by atoms with Crippen molar-refractivity contribution in [3.8, 4) is 5.75 Å². The number of anilines is 1. The van der Waals surface area contributed by atoms with Crippen molar-refractivity contribution in [1.82, 2.24) is 0 Å². The molecule has 0 atom stereocenters. The van der Waals surface area contributed by atoms with Gasteiger partial charge in [0.2, 0.25) is 0 Å². The zero-order valence-electron chi connectivity index (χ0n) is 17.4. The Kier molecular flexibility index (Phi) is 5.50. The van der Waals surface area contributed by atoms with Crippen molar-refractivity contribution < 1.29 is 5.11 Å². The van der Waals surface area contributed by atoms with E-state index < -0.39 is 0 Å². The van der Waals surface area contributed by atoms with Crippen LogP contribution in [0.3, 0.4) is 0 Å². The van der Waals surface area contributed by atoms with Crippen LogP contribution in [0.15, 0.2) is 41.4 Å². The van der Waals surface area contributed by atoms with Gasteiger partial charge in [0.1, 0.15) is 11.4 Å². The van der Waals surface area contributed by atoms with Crippen molar-refractivity contribution in [3.63, 3.8) is 0 Å². The molecular formula is C23H32N2O. The highest BCUT2D eigenvalue weighted by Gasteiger charge is 2.24. The number of phenols is 1. The number of aliphatic imine (C=N–C) groups is 1. The second-order valence-corrected chi connectivity index (χ2v) is 9.14. The summed E-state index contributed by atoms with van der Waals surface area (Å²) < 4.78 is 0. The van der Waals surface area contributed by atoms with Gasteiger partial charge in [0.05, 0.1) is 0 Å². The molecule has 1 N–H and O–H groups in total. The molecule has 0 heterocycles. The fraction of sp³-hybridized carbons (Fsp3) is 0.435. The van der Waals surface area contributed by atoms with Crippen molar-refractivity contribution >= 4 is 17.6 Å². The number of benzene rings is 2.